The predicted octanol–water partition coefficient (Wildman–Crippen LogP) is 2.89. The summed E-state index contributed by atoms with van der Waals surface area (Å²) >= 11 is 0. The summed E-state index contributed by atoms with van der Waals surface area (Å²) in [5, 5.41) is 9.89. The number of nitrogens with zero attached hydrogens (tertiary/aromatic N) is 2. The van der Waals surface area contributed by atoms with Gasteiger partial charge < -0.3 is 9.67 Å². The molecule has 0 aliphatic carbocycles. The molecule has 0 fully saturated rings. The topological polar surface area (TPSA) is 38.0 Å². The summed E-state index contributed by atoms with van der Waals surface area (Å²) in [6, 6.07) is 0. The average molecular weight is 272 g/mol. The van der Waals surface area contributed by atoms with Crippen LogP contribution in [-0.2, 0) is 6.54 Å². The van der Waals surface area contributed by atoms with E-state index in [1.165, 1.54) is 12.2 Å². The van der Waals surface area contributed by atoms with Crippen LogP contribution in [0.15, 0.2) is 18.7 Å². The molecule has 106 valence electrons. The van der Waals surface area contributed by atoms with Crippen LogP contribution in [0, 0.1) is 0 Å². The van der Waals surface area contributed by atoms with Crippen LogP contribution in [-0.4, -0.2) is 45.3 Å². The molecule has 0 aliphatic rings. The van der Waals surface area contributed by atoms with Crippen LogP contribution in [0.1, 0.15) is 32.1 Å². The third-order valence-electron chi connectivity index (χ3n) is 3.06. The Hall–Kier alpha value is -0.480. The molecule has 0 amide bonds. The van der Waals surface area contributed by atoms with E-state index in [0.717, 1.165) is 32.2 Å². The number of hydrogen-bond acceptors (Lipinski definition) is 2. The molecule has 0 aliphatic heterocycles. The lowest BCUT2D eigenvalue weighted by Gasteiger charge is -2.25. The van der Waals surface area contributed by atoms with Crippen molar-refractivity contribution < 1.29 is 5.11 Å². The fraction of sp³-hybridized carbons (Fsp3) is 0.786. The molecule has 1 aromatic heterocycles. The first-order chi connectivity index (χ1) is 8.47. The number of aryl methyl sites for hydroxylation is 1. The Kier molecular flexibility index (Phi) is 6.79. The summed E-state index contributed by atoms with van der Waals surface area (Å²) in [4.78, 5) is 4.02. The minimum absolute atomic E-state index is 0.102. The lowest BCUT2D eigenvalue weighted by molar-refractivity contribution is 0.150. The zero-order chi connectivity index (χ0) is 13.4. The van der Waals surface area contributed by atoms with Gasteiger partial charge in [-0.3, -0.25) is 0 Å². The molecule has 1 rings (SSSR count). The maximum Gasteiger partial charge on any atom is 0.0945 e. The molecule has 0 radical (unpaired) electrons. The van der Waals surface area contributed by atoms with Gasteiger partial charge in [-0.05, 0) is 56.6 Å². The van der Waals surface area contributed by atoms with E-state index in [1.807, 2.05) is 18.7 Å². The van der Waals surface area contributed by atoms with Gasteiger partial charge in [-0.15, -0.1) is 0 Å². The number of aliphatic hydroxyl groups excluding tert-OH is 1. The van der Waals surface area contributed by atoms with Crippen LogP contribution in [0.5, 0.6) is 0 Å². The average Bonchev–Trinajstić information content (AvgIpc) is 2.75. The fourth-order valence-electron chi connectivity index (χ4n) is 1.99. The van der Waals surface area contributed by atoms with E-state index in [0.29, 0.717) is 0 Å². The fourth-order valence-corrected chi connectivity index (χ4v) is 3.02. The Morgan fingerprint density at radius 3 is 2.50 bits per heavy atom. The Bertz CT molecular complexity index is 306. The summed E-state index contributed by atoms with van der Waals surface area (Å²) in [5.74, 6) is 1.28. The first-order valence-electron chi connectivity index (χ1n) is 6.77. The van der Waals surface area contributed by atoms with Crippen LogP contribution in [0.25, 0.3) is 0 Å². The van der Waals surface area contributed by atoms with E-state index >= 15 is 0 Å². The third-order valence-corrected chi connectivity index (χ3v) is 4.57. The SMILES string of the molecule is CS(C)(C)CCCC(O)CCCCn1ccnc1. The maximum atomic E-state index is 9.89. The van der Waals surface area contributed by atoms with E-state index in [2.05, 4.69) is 28.3 Å². The molecule has 0 spiro atoms. The van der Waals surface area contributed by atoms with Crippen LogP contribution in [0.2, 0.25) is 0 Å². The Balaban J connectivity index is 1.98. The van der Waals surface area contributed by atoms with Crippen LogP contribution < -0.4 is 0 Å². The van der Waals surface area contributed by atoms with E-state index in [9.17, 15) is 5.11 Å². The molecule has 0 saturated carbocycles. The normalized spacial score (nSPS) is 14.7. The van der Waals surface area contributed by atoms with Crippen LogP contribution in [0.3, 0.4) is 0 Å². The molecule has 1 unspecified atom stereocenters. The third kappa shape index (κ3) is 7.77. The Morgan fingerprint density at radius 2 is 1.89 bits per heavy atom. The highest BCUT2D eigenvalue weighted by molar-refractivity contribution is 8.32. The lowest BCUT2D eigenvalue weighted by atomic mass is 10.1. The standard InChI is InChI=1S/C14H28N2OS/c1-18(2,3)12-6-8-14(17)7-4-5-10-16-11-9-15-13-16/h9,11,13-14,17H,4-8,10,12H2,1-3H3. The van der Waals surface area contributed by atoms with Gasteiger partial charge in [0.25, 0.3) is 0 Å². The summed E-state index contributed by atoms with van der Waals surface area (Å²) in [5.41, 5.74) is 0. The smallest absolute Gasteiger partial charge is 0.0945 e. The molecule has 1 N–H and O–H groups in total. The second-order valence-electron chi connectivity index (χ2n) is 5.89. The molecule has 3 nitrogen and oxygen atoms in total. The predicted molar refractivity (Wildman–Crippen MR) is 81.5 cm³/mol. The van der Waals surface area contributed by atoms with Crippen molar-refractivity contribution in [3.05, 3.63) is 18.7 Å². The minimum Gasteiger partial charge on any atom is -0.393 e. The van der Waals surface area contributed by atoms with E-state index in [1.54, 1.807) is 0 Å². The number of unbranched alkanes of at least 4 members (excludes halogenated alkanes) is 1. The molecule has 1 aromatic rings. The number of imidazole rings is 1. The van der Waals surface area contributed by atoms with Crippen molar-refractivity contribution in [1.82, 2.24) is 9.55 Å². The second-order valence-corrected chi connectivity index (χ2v) is 10.5. The molecule has 0 bridgehead atoms. The maximum absolute atomic E-state index is 9.89. The quantitative estimate of drug-likeness (QED) is 0.702. The van der Waals surface area contributed by atoms with E-state index < -0.39 is 10.0 Å². The monoisotopic (exact) mass is 272 g/mol. The lowest BCUT2D eigenvalue weighted by Crippen LogP contribution is -2.09. The van der Waals surface area contributed by atoms with Crippen molar-refractivity contribution in [3.8, 4) is 0 Å². The molecule has 18 heavy (non-hydrogen) atoms. The molecule has 0 saturated heterocycles. The highest BCUT2D eigenvalue weighted by Crippen LogP contribution is 2.35. The molecule has 1 atom stereocenters. The summed E-state index contributed by atoms with van der Waals surface area (Å²) in [7, 11) is -0.396. The number of aromatic nitrogens is 2. The Morgan fingerprint density at radius 1 is 1.17 bits per heavy atom. The number of aliphatic hydroxyl groups is 1. The van der Waals surface area contributed by atoms with Crippen molar-refractivity contribution in [2.24, 2.45) is 0 Å². The van der Waals surface area contributed by atoms with Crippen molar-refractivity contribution in [1.29, 1.82) is 0 Å². The molecular formula is C14H28N2OS. The summed E-state index contributed by atoms with van der Waals surface area (Å²) in [6.45, 7) is 1.01. The van der Waals surface area contributed by atoms with Gasteiger partial charge in [-0.2, -0.15) is 0 Å². The highest BCUT2D eigenvalue weighted by Gasteiger charge is 2.07. The van der Waals surface area contributed by atoms with Crippen molar-refractivity contribution in [3.63, 3.8) is 0 Å². The Labute approximate surface area is 113 Å². The zero-order valence-electron chi connectivity index (χ0n) is 12.0. The molecule has 1 heterocycles. The summed E-state index contributed by atoms with van der Waals surface area (Å²) < 4.78 is 2.09. The van der Waals surface area contributed by atoms with Crippen molar-refractivity contribution in [2.45, 2.75) is 44.8 Å². The second kappa shape index (κ2) is 7.85. The molecular weight excluding hydrogens is 244 g/mol. The zero-order valence-corrected chi connectivity index (χ0v) is 12.8. The van der Waals surface area contributed by atoms with Crippen LogP contribution in [0.4, 0.5) is 0 Å². The van der Waals surface area contributed by atoms with Gasteiger partial charge in [0.05, 0.1) is 12.4 Å². The first-order valence-corrected chi connectivity index (χ1v) is 9.80. The van der Waals surface area contributed by atoms with Gasteiger partial charge in [0.1, 0.15) is 0 Å². The largest absolute Gasteiger partial charge is 0.393 e. The van der Waals surface area contributed by atoms with Crippen molar-refractivity contribution >= 4 is 10.0 Å². The highest BCUT2D eigenvalue weighted by atomic mass is 32.3. The number of rotatable bonds is 9. The van der Waals surface area contributed by atoms with Crippen molar-refractivity contribution in [2.75, 3.05) is 24.5 Å². The minimum atomic E-state index is -0.396. The van der Waals surface area contributed by atoms with Gasteiger partial charge >= 0.3 is 0 Å². The van der Waals surface area contributed by atoms with Gasteiger partial charge in [-0.25, -0.2) is 15.0 Å². The van der Waals surface area contributed by atoms with Gasteiger partial charge in [-0.1, -0.05) is 0 Å². The first kappa shape index (κ1) is 15.6. The number of hydrogen-bond donors (Lipinski definition) is 1. The van der Waals surface area contributed by atoms with Crippen LogP contribution >= 0.6 is 10.0 Å². The van der Waals surface area contributed by atoms with Gasteiger partial charge in [0.15, 0.2) is 0 Å². The molecule has 4 heteroatoms. The summed E-state index contributed by atoms with van der Waals surface area (Å²) in [6.07, 6.45) is 17.9. The molecule has 0 aromatic carbocycles. The van der Waals surface area contributed by atoms with Gasteiger partial charge in [0.2, 0.25) is 0 Å². The van der Waals surface area contributed by atoms with Gasteiger partial charge in [0, 0.05) is 18.9 Å². The van der Waals surface area contributed by atoms with E-state index in [4.69, 9.17) is 0 Å². The van der Waals surface area contributed by atoms with E-state index in [-0.39, 0.29) is 6.10 Å².